The summed E-state index contributed by atoms with van der Waals surface area (Å²) in [5, 5.41) is 0. The van der Waals surface area contributed by atoms with E-state index in [4.69, 9.17) is 9.47 Å². The van der Waals surface area contributed by atoms with Gasteiger partial charge in [-0.1, -0.05) is 0 Å². The number of hydrogen-bond acceptors (Lipinski definition) is 7. The lowest BCUT2D eigenvalue weighted by atomic mass is 10.3. The van der Waals surface area contributed by atoms with Gasteiger partial charge < -0.3 is 18.9 Å². The van der Waals surface area contributed by atoms with Gasteiger partial charge in [0.25, 0.3) is 0 Å². The Morgan fingerprint density at radius 3 is 1.44 bits per heavy atom. The Labute approximate surface area is 105 Å². The van der Waals surface area contributed by atoms with Crippen molar-refractivity contribution in [3.05, 3.63) is 0 Å². The Hall–Kier alpha value is -1.79. The molecule has 0 rings (SSSR count). The molecule has 0 aromatic rings. The van der Waals surface area contributed by atoms with Crippen LogP contribution in [-0.2, 0) is 28.5 Å². The van der Waals surface area contributed by atoms with Gasteiger partial charge in [0, 0.05) is 0 Å². The number of carbonyl (C=O) groups is 3. The molecule has 104 valence electrons. The SMILES string of the molecule is COC(=O)C[C@@H](C)OC(=O)O[C@H](C)CC(=O)OC. The summed E-state index contributed by atoms with van der Waals surface area (Å²) in [7, 11) is 2.48. The summed E-state index contributed by atoms with van der Waals surface area (Å²) in [5.41, 5.74) is 0. The minimum absolute atomic E-state index is 0.0585. The number of methoxy groups -OCH3 is 2. The molecule has 2 atom stereocenters. The van der Waals surface area contributed by atoms with Gasteiger partial charge in [-0.2, -0.15) is 0 Å². The lowest BCUT2D eigenvalue weighted by Gasteiger charge is -2.15. The zero-order valence-electron chi connectivity index (χ0n) is 10.9. The highest BCUT2D eigenvalue weighted by atomic mass is 16.7. The van der Waals surface area contributed by atoms with Crippen LogP contribution >= 0.6 is 0 Å². The minimum atomic E-state index is -0.942. The van der Waals surface area contributed by atoms with Crippen LogP contribution in [0.1, 0.15) is 26.7 Å². The van der Waals surface area contributed by atoms with Gasteiger partial charge >= 0.3 is 18.1 Å². The second-order valence-electron chi connectivity index (χ2n) is 3.67. The summed E-state index contributed by atoms with van der Waals surface area (Å²) in [6, 6.07) is 0. The molecule has 0 amide bonds. The van der Waals surface area contributed by atoms with Crippen molar-refractivity contribution in [2.75, 3.05) is 14.2 Å². The summed E-state index contributed by atoms with van der Waals surface area (Å²) >= 11 is 0. The quantitative estimate of drug-likeness (QED) is 0.522. The van der Waals surface area contributed by atoms with Crippen molar-refractivity contribution in [3.8, 4) is 0 Å². The molecule has 0 bridgehead atoms. The van der Waals surface area contributed by atoms with Crippen LogP contribution in [0.5, 0.6) is 0 Å². The van der Waals surface area contributed by atoms with Gasteiger partial charge in [-0.15, -0.1) is 0 Å². The normalized spacial score (nSPS) is 13.1. The van der Waals surface area contributed by atoms with Crippen LogP contribution in [0.15, 0.2) is 0 Å². The molecule has 0 aliphatic heterocycles. The Morgan fingerprint density at radius 2 is 1.17 bits per heavy atom. The van der Waals surface area contributed by atoms with Gasteiger partial charge in [0.15, 0.2) is 0 Å². The third-order valence-electron chi connectivity index (χ3n) is 1.96. The Morgan fingerprint density at radius 1 is 0.833 bits per heavy atom. The first-order valence-corrected chi connectivity index (χ1v) is 5.40. The number of ether oxygens (including phenoxy) is 4. The first-order chi connectivity index (χ1) is 8.38. The zero-order valence-corrected chi connectivity index (χ0v) is 10.9. The number of esters is 2. The van der Waals surface area contributed by atoms with E-state index in [1.165, 1.54) is 28.1 Å². The summed E-state index contributed by atoms with van der Waals surface area (Å²) in [6.45, 7) is 3.06. The molecule has 0 radical (unpaired) electrons. The molecule has 0 aromatic heterocycles. The Kier molecular flexibility index (Phi) is 7.50. The fourth-order valence-corrected chi connectivity index (χ4v) is 1.08. The van der Waals surface area contributed by atoms with E-state index < -0.39 is 30.3 Å². The number of hydrogen-bond donors (Lipinski definition) is 0. The molecule has 0 aliphatic rings. The maximum absolute atomic E-state index is 11.3. The van der Waals surface area contributed by atoms with Gasteiger partial charge in [-0.3, -0.25) is 9.59 Å². The lowest BCUT2D eigenvalue weighted by Crippen LogP contribution is -2.24. The molecule has 0 unspecified atom stereocenters. The van der Waals surface area contributed by atoms with Crippen molar-refractivity contribution in [1.29, 1.82) is 0 Å². The molecule has 7 nitrogen and oxygen atoms in total. The van der Waals surface area contributed by atoms with E-state index in [0.717, 1.165) is 0 Å². The molecule has 0 spiro atoms. The van der Waals surface area contributed by atoms with Crippen molar-refractivity contribution in [2.24, 2.45) is 0 Å². The molecule has 18 heavy (non-hydrogen) atoms. The van der Waals surface area contributed by atoms with Crippen molar-refractivity contribution in [1.82, 2.24) is 0 Å². The van der Waals surface area contributed by atoms with E-state index >= 15 is 0 Å². The summed E-state index contributed by atoms with van der Waals surface area (Å²) < 4.78 is 18.4. The van der Waals surface area contributed by atoms with E-state index in [2.05, 4.69) is 9.47 Å². The average Bonchev–Trinajstić information content (AvgIpc) is 2.27. The second-order valence-corrected chi connectivity index (χ2v) is 3.67. The number of carbonyl (C=O) groups excluding carboxylic acids is 3. The van der Waals surface area contributed by atoms with Gasteiger partial charge in [0.1, 0.15) is 12.2 Å². The topological polar surface area (TPSA) is 88.1 Å². The molecule has 0 aliphatic carbocycles. The third kappa shape index (κ3) is 7.48. The van der Waals surface area contributed by atoms with Crippen LogP contribution < -0.4 is 0 Å². The van der Waals surface area contributed by atoms with Crippen molar-refractivity contribution in [2.45, 2.75) is 38.9 Å². The predicted molar refractivity (Wildman–Crippen MR) is 59.8 cm³/mol. The van der Waals surface area contributed by atoms with E-state index in [1.54, 1.807) is 0 Å². The second kappa shape index (κ2) is 8.32. The first-order valence-electron chi connectivity index (χ1n) is 5.40. The van der Waals surface area contributed by atoms with Gasteiger partial charge in [-0.25, -0.2) is 4.79 Å². The van der Waals surface area contributed by atoms with Crippen LogP contribution in [0.4, 0.5) is 4.79 Å². The Bertz CT molecular complexity index is 272. The van der Waals surface area contributed by atoms with Crippen LogP contribution in [0.3, 0.4) is 0 Å². The molecule has 0 aromatic carbocycles. The van der Waals surface area contributed by atoms with Gasteiger partial charge in [0.2, 0.25) is 0 Å². The van der Waals surface area contributed by atoms with E-state index in [1.807, 2.05) is 0 Å². The molecule has 7 heteroatoms. The molecule has 0 saturated carbocycles. The maximum Gasteiger partial charge on any atom is 0.508 e. The molecule has 0 N–H and O–H groups in total. The fourth-order valence-electron chi connectivity index (χ4n) is 1.08. The van der Waals surface area contributed by atoms with Crippen molar-refractivity contribution < 1.29 is 33.3 Å². The molecular weight excluding hydrogens is 244 g/mol. The average molecular weight is 262 g/mol. The standard InChI is InChI=1S/C11H18O7/c1-7(5-9(12)15-3)17-11(14)18-8(2)6-10(13)16-4/h7-8H,5-6H2,1-4H3/t7-,8-/m1/s1. The third-order valence-corrected chi connectivity index (χ3v) is 1.96. The van der Waals surface area contributed by atoms with E-state index in [0.29, 0.717) is 0 Å². The van der Waals surface area contributed by atoms with E-state index in [-0.39, 0.29) is 12.8 Å². The highest BCUT2D eigenvalue weighted by molar-refractivity contribution is 5.71. The smallest absolute Gasteiger partial charge is 0.469 e. The Balaban J connectivity index is 3.95. The lowest BCUT2D eigenvalue weighted by molar-refractivity contribution is -0.143. The van der Waals surface area contributed by atoms with Crippen LogP contribution in [0, 0.1) is 0 Å². The zero-order chi connectivity index (χ0) is 14.1. The predicted octanol–water partition coefficient (Wildman–Crippen LogP) is 1.04. The summed E-state index contributed by atoms with van der Waals surface area (Å²) in [5.74, 6) is -0.976. The van der Waals surface area contributed by atoms with Crippen LogP contribution in [0.25, 0.3) is 0 Å². The summed E-state index contributed by atoms with van der Waals surface area (Å²) in [4.78, 5) is 33.0. The van der Waals surface area contributed by atoms with Crippen LogP contribution in [0.2, 0.25) is 0 Å². The molecular formula is C11H18O7. The largest absolute Gasteiger partial charge is 0.508 e. The highest BCUT2D eigenvalue weighted by Crippen LogP contribution is 2.05. The van der Waals surface area contributed by atoms with Gasteiger partial charge in [-0.05, 0) is 13.8 Å². The fraction of sp³-hybridized carbons (Fsp3) is 0.727. The summed E-state index contributed by atoms with van der Waals surface area (Å²) in [6.07, 6.45) is -2.37. The van der Waals surface area contributed by atoms with Gasteiger partial charge in [0.05, 0.1) is 27.1 Å². The minimum Gasteiger partial charge on any atom is -0.469 e. The molecule has 0 fully saturated rings. The first kappa shape index (κ1) is 16.2. The number of rotatable bonds is 6. The van der Waals surface area contributed by atoms with E-state index in [9.17, 15) is 14.4 Å². The monoisotopic (exact) mass is 262 g/mol. The maximum atomic E-state index is 11.3. The molecule has 0 heterocycles. The van der Waals surface area contributed by atoms with Crippen LogP contribution in [-0.4, -0.2) is 44.5 Å². The highest BCUT2D eigenvalue weighted by Gasteiger charge is 2.19. The molecule has 0 saturated heterocycles. The van der Waals surface area contributed by atoms with Crippen molar-refractivity contribution in [3.63, 3.8) is 0 Å². The van der Waals surface area contributed by atoms with Crippen molar-refractivity contribution >= 4 is 18.1 Å².